The maximum absolute atomic E-state index is 14.7. The molecule has 0 radical (unpaired) electrons. The minimum absolute atomic E-state index is 0.0260. The lowest BCUT2D eigenvalue weighted by atomic mass is 9.88. The molecule has 9 heteroatoms. The van der Waals surface area contributed by atoms with Crippen LogP contribution in [0.2, 0.25) is 5.02 Å². The van der Waals surface area contributed by atoms with E-state index in [1.807, 2.05) is 12.1 Å². The number of aliphatic hydroxyl groups excluding tert-OH is 1. The predicted octanol–water partition coefficient (Wildman–Crippen LogP) is 4.98. The fraction of sp³-hybridized carbons (Fsp3) is 0.464. The zero-order chi connectivity index (χ0) is 25.6. The van der Waals surface area contributed by atoms with Crippen molar-refractivity contribution in [2.75, 3.05) is 19.7 Å². The zero-order valence-electron chi connectivity index (χ0n) is 20.8. The summed E-state index contributed by atoms with van der Waals surface area (Å²) in [4.78, 5) is 7.01. The smallest absolute Gasteiger partial charge is 0.278 e. The van der Waals surface area contributed by atoms with E-state index in [1.54, 1.807) is 25.3 Å². The van der Waals surface area contributed by atoms with E-state index in [4.69, 9.17) is 25.8 Å². The van der Waals surface area contributed by atoms with Crippen LogP contribution < -0.4 is 9.47 Å². The van der Waals surface area contributed by atoms with Gasteiger partial charge in [-0.3, -0.25) is 4.90 Å². The van der Waals surface area contributed by atoms with Crippen LogP contribution in [0.25, 0.3) is 0 Å². The van der Waals surface area contributed by atoms with Gasteiger partial charge in [-0.25, -0.2) is 9.37 Å². The topological polar surface area (TPSA) is 69.0 Å². The maximum Gasteiger partial charge on any atom is 0.278 e. The number of likely N-dealkylation sites (tertiary alicyclic amines) is 1. The Morgan fingerprint density at radius 3 is 2.68 bits per heavy atom. The molecule has 0 amide bonds. The molecule has 7 nitrogen and oxygen atoms in total. The summed E-state index contributed by atoms with van der Waals surface area (Å²) < 4.78 is 34.9. The van der Waals surface area contributed by atoms with Crippen molar-refractivity contribution in [1.82, 2.24) is 14.5 Å². The van der Waals surface area contributed by atoms with E-state index in [9.17, 15) is 9.50 Å². The summed E-state index contributed by atoms with van der Waals surface area (Å²) in [5, 5.41) is 10.1. The van der Waals surface area contributed by atoms with Crippen LogP contribution in [0.1, 0.15) is 54.7 Å². The molecule has 37 heavy (non-hydrogen) atoms. The van der Waals surface area contributed by atoms with Crippen molar-refractivity contribution in [2.24, 2.45) is 0 Å². The van der Waals surface area contributed by atoms with Crippen LogP contribution in [0.3, 0.4) is 0 Å². The van der Waals surface area contributed by atoms with Crippen molar-refractivity contribution >= 4 is 11.6 Å². The van der Waals surface area contributed by atoms with E-state index < -0.39 is 11.6 Å². The van der Waals surface area contributed by atoms with Gasteiger partial charge in [0.2, 0.25) is 0 Å². The number of hydrogen-bond acceptors (Lipinski definition) is 6. The Kier molecular flexibility index (Phi) is 6.61. The van der Waals surface area contributed by atoms with Crippen LogP contribution in [0, 0.1) is 5.82 Å². The Morgan fingerprint density at radius 1 is 1.16 bits per heavy atom. The monoisotopic (exact) mass is 527 g/mol. The van der Waals surface area contributed by atoms with E-state index in [0.717, 1.165) is 69.1 Å². The number of halogens is 2. The van der Waals surface area contributed by atoms with Crippen LogP contribution in [-0.2, 0) is 30.2 Å². The second kappa shape index (κ2) is 9.91. The van der Waals surface area contributed by atoms with Gasteiger partial charge in [-0.05, 0) is 62.5 Å². The number of nitrogens with zero attached hydrogens (tertiary/aromatic N) is 3. The Hall–Kier alpha value is -2.65. The van der Waals surface area contributed by atoms with Crippen LogP contribution in [-0.4, -0.2) is 45.4 Å². The Morgan fingerprint density at radius 2 is 1.97 bits per heavy atom. The van der Waals surface area contributed by atoms with Crippen molar-refractivity contribution in [3.8, 4) is 11.5 Å². The lowest BCUT2D eigenvalue weighted by molar-refractivity contribution is -0.0712. The van der Waals surface area contributed by atoms with Crippen molar-refractivity contribution in [3.05, 3.63) is 76.1 Å². The van der Waals surface area contributed by atoms with Gasteiger partial charge in [-0.2, -0.15) is 0 Å². The molecule has 4 heterocycles. The second-order valence-electron chi connectivity index (χ2n) is 10.2. The minimum Gasteiger partial charge on any atom is -0.444 e. The first-order valence-corrected chi connectivity index (χ1v) is 13.3. The van der Waals surface area contributed by atoms with E-state index in [2.05, 4.69) is 20.5 Å². The van der Waals surface area contributed by atoms with Gasteiger partial charge in [-0.1, -0.05) is 23.7 Å². The van der Waals surface area contributed by atoms with Gasteiger partial charge < -0.3 is 23.9 Å². The number of hydrogen-bond donors (Lipinski definition) is 1. The van der Waals surface area contributed by atoms with Crippen molar-refractivity contribution in [3.63, 3.8) is 0 Å². The van der Waals surface area contributed by atoms with Crippen LogP contribution >= 0.6 is 11.6 Å². The third-order valence-electron chi connectivity index (χ3n) is 7.79. The van der Waals surface area contributed by atoms with Gasteiger partial charge in [0.25, 0.3) is 5.79 Å². The van der Waals surface area contributed by atoms with Gasteiger partial charge in [0.15, 0.2) is 11.5 Å². The summed E-state index contributed by atoms with van der Waals surface area (Å²) in [6.07, 6.45) is 4.95. The molecule has 3 aliphatic heterocycles. The van der Waals surface area contributed by atoms with E-state index >= 15 is 0 Å². The highest BCUT2D eigenvalue weighted by atomic mass is 35.5. The van der Waals surface area contributed by atoms with E-state index in [-0.39, 0.29) is 12.7 Å². The normalized spacial score (nSPS) is 23.8. The number of para-hydroxylation sites is 1. The number of imidazole rings is 1. The molecule has 2 aromatic carbocycles. The third kappa shape index (κ3) is 4.72. The van der Waals surface area contributed by atoms with Crippen LogP contribution in [0.5, 0.6) is 11.5 Å². The molecule has 1 N–H and O–H groups in total. The van der Waals surface area contributed by atoms with Crippen LogP contribution in [0.4, 0.5) is 4.39 Å². The highest BCUT2D eigenvalue weighted by Gasteiger charge is 2.43. The molecule has 0 bridgehead atoms. The number of benzene rings is 2. The molecular weight excluding hydrogens is 497 g/mol. The molecule has 0 aliphatic carbocycles. The average molecular weight is 528 g/mol. The number of fused-ring (bicyclic) bond motifs is 1. The molecule has 2 atom stereocenters. The van der Waals surface area contributed by atoms with Crippen LogP contribution in [0.15, 0.2) is 42.6 Å². The third-order valence-corrected chi connectivity index (χ3v) is 8.02. The van der Waals surface area contributed by atoms with E-state index in [0.29, 0.717) is 28.0 Å². The lowest BCUT2D eigenvalue weighted by Crippen LogP contribution is -2.36. The summed E-state index contributed by atoms with van der Waals surface area (Å²) in [6.45, 7) is 5.83. The lowest BCUT2D eigenvalue weighted by Gasteiger charge is -2.33. The molecule has 1 aromatic heterocycles. The molecule has 6 rings (SSSR count). The molecular formula is C28H31ClFN3O4. The molecule has 2 saturated heterocycles. The minimum atomic E-state index is -1.25. The largest absolute Gasteiger partial charge is 0.444 e. The Bertz CT molecular complexity index is 1290. The highest BCUT2D eigenvalue weighted by molar-refractivity contribution is 6.30. The second-order valence-corrected chi connectivity index (χ2v) is 10.7. The summed E-state index contributed by atoms with van der Waals surface area (Å²) in [6, 6.07) is 10.5. The SMILES string of the molecule is CC1(c2ccc(Cl)cc2F)Oc2cccc(C3CCN(Cc4ncc(CO)n4C[C@@H]4CCO4)CC3)c2O1. The van der Waals surface area contributed by atoms with Gasteiger partial charge in [-0.15, -0.1) is 0 Å². The van der Waals surface area contributed by atoms with E-state index in [1.165, 1.54) is 6.07 Å². The number of piperidine rings is 1. The fourth-order valence-corrected chi connectivity index (χ4v) is 5.76. The molecule has 1 unspecified atom stereocenters. The molecule has 0 saturated carbocycles. The Labute approximate surface area is 220 Å². The maximum atomic E-state index is 14.7. The molecule has 0 spiro atoms. The first kappa shape index (κ1) is 24.7. The molecule has 2 fully saturated rings. The van der Waals surface area contributed by atoms with Gasteiger partial charge >= 0.3 is 0 Å². The van der Waals surface area contributed by atoms with Gasteiger partial charge in [0, 0.05) is 24.1 Å². The standard InChI is InChI=1S/C28H31ClFN3O4/c1-28(23-6-5-19(29)13-24(23)30)36-25-4-2-3-22(27(25)37-28)18-7-10-32(11-8-18)16-26-31-14-20(17-34)33(26)15-21-9-12-35-21/h2-6,13-14,18,21,34H,7-12,15-17H2,1H3/t21-,28?/m0/s1. The van der Waals surface area contributed by atoms with Gasteiger partial charge in [0.05, 0.1) is 43.3 Å². The number of ether oxygens (including phenoxy) is 3. The van der Waals surface area contributed by atoms with Crippen molar-refractivity contribution in [2.45, 2.75) is 63.7 Å². The Balaban J connectivity index is 1.14. The summed E-state index contributed by atoms with van der Waals surface area (Å²) in [7, 11) is 0. The average Bonchev–Trinajstić information content (AvgIpc) is 3.41. The fourth-order valence-electron chi connectivity index (χ4n) is 5.60. The van der Waals surface area contributed by atoms with Crippen molar-refractivity contribution < 1.29 is 23.7 Å². The zero-order valence-corrected chi connectivity index (χ0v) is 21.6. The summed E-state index contributed by atoms with van der Waals surface area (Å²) in [5.74, 6) is 0.901. The number of aliphatic hydroxyl groups is 1. The molecule has 3 aliphatic rings. The van der Waals surface area contributed by atoms with Crippen molar-refractivity contribution in [1.29, 1.82) is 0 Å². The first-order valence-electron chi connectivity index (χ1n) is 12.9. The quantitative estimate of drug-likeness (QED) is 0.467. The molecule has 196 valence electrons. The first-order chi connectivity index (χ1) is 17.9. The molecule has 3 aromatic rings. The van der Waals surface area contributed by atoms with Gasteiger partial charge in [0.1, 0.15) is 11.6 Å². The summed E-state index contributed by atoms with van der Waals surface area (Å²) >= 11 is 5.95. The number of aromatic nitrogens is 2. The summed E-state index contributed by atoms with van der Waals surface area (Å²) in [5.41, 5.74) is 2.25. The highest BCUT2D eigenvalue weighted by Crippen LogP contribution is 2.49. The predicted molar refractivity (Wildman–Crippen MR) is 136 cm³/mol. The number of rotatable bonds is 7.